The molecular formula is C15H20BrNO. The molecule has 0 radical (unpaired) electrons. The fourth-order valence-corrected chi connectivity index (χ4v) is 2.89. The van der Waals surface area contributed by atoms with E-state index in [-0.39, 0.29) is 5.78 Å². The van der Waals surface area contributed by atoms with Gasteiger partial charge in [0, 0.05) is 28.8 Å². The molecule has 3 heteroatoms. The van der Waals surface area contributed by atoms with Gasteiger partial charge in [-0.3, -0.25) is 4.79 Å². The van der Waals surface area contributed by atoms with Crippen LogP contribution < -0.4 is 4.90 Å². The molecule has 2 nitrogen and oxygen atoms in total. The largest absolute Gasteiger partial charge is 0.371 e. The van der Waals surface area contributed by atoms with Crippen molar-refractivity contribution in [1.29, 1.82) is 0 Å². The zero-order valence-electron chi connectivity index (χ0n) is 11.2. The SMILES string of the molecule is CC(=O)c1ccc(Br)cc1N1CCC(C)C(C)C1. The summed E-state index contributed by atoms with van der Waals surface area (Å²) in [5.74, 6) is 1.59. The molecule has 1 saturated heterocycles. The van der Waals surface area contributed by atoms with E-state index in [1.807, 2.05) is 12.1 Å². The lowest BCUT2D eigenvalue weighted by molar-refractivity contribution is 0.101. The molecule has 2 rings (SSSR count). The average Bonchev–Trinajstić information content (AvgIpc) is 2.32. The van der Waals surface area contributed by atoms with E-state index in [1.165, 1.54) is 6.42 Å². The number of anilines is 1. The Morgan fingerprint density at radius 3 is 2.67 bits per heavy atom. The second-order valence-electron chi connectivity index (χ2n) is 5.41. The third kappa shape index (κ3) is 2.77. The van der Waals surface area contributed by atoms with Crippen LogP contribution in [0, 0.1) is 11.8 Å². The van der Waals surface area contributed by atoms with Gasteiger partial charge in [-0.05, 0) is 43.4 Å². The minimum Gasteiger partial charge on any atom is -0.371 e. The van der Waals surface area contributed by atoms with E-state index >= 15 is 0 Å². The first kappa shape index (κ1) is 13.6. The monoisotopic (exact) mass is 309 g/mol. The number of benzene rings is 1. The Labute approximate surface area is 117 Å². The zero-order valence-corrected chi connectivity index (χ0v) is 12.8. The van der Waals surface area contributed by atoms with Gasteiger partial charge < -0.3 is 4.90 Å². The Hall–Kier alpha value is -0.830. The standard InChI is InChI=1S/C15H20BrNO/c1-10-6-7-17(9-11(10)2)15-8-13(16)4-5-14(15)12(3)18/h4-5,8,10-11H,6-7,9H2,1-3H3. The summed E-state index contributed by atoms with van der Waals surface area (Å²) in [4.78, 5) is 14.1. The van der Waals surface area contributed by atoms with Crippen LogP contribution in [0.25, 0.3) is 0 Å². The molecule has 2 unspecified atom stereocenters. The fourth-order valence-electron chi connectivity index (χ4n) is 2.55. The maximum atomic E-state index is 11.7. The summed E-state index contributed by atoms with van der Waals surface area (Å²) in [6.07, 6.45) is 1.20. The molecule has 0 spiro atoms. The van der Waals surface area contributed by atoms with E-state index in [4.69, 9.17) is 0 Å². The van der Waals surface area contributed by atoms with Gasteiger partial charge in [-0.25, -0.2) is 0 Å². The number of carbonyl (C=O) groups excluding carboxylic acids is 1. The highest BCUT2D eigenvalue weighted by Gasteiger charge is 2.24. The molecule has 1 aromatic carbocycles. The lowest BCUT2D eigenvalue weighted by Crippen LogP contribution is -2.39. The first-order valence-corrected chi connectivity index (χ1v) is 7.33. The number of hydrogen-bond donors (Lipinski definition) is 0. The third-order valence-electron chi connectivity index (χ3n) is 4.01. The molecule has 18 heavy (non-hydrogen) atoms. The van der Waals surface area contributed by atoms with E-state index in [2.05, 4.69) is 40.7 Å². The third-order valence-corrected chi connectivity index (χ3v) is 4.51. The average molecular weight is 310 g/mol. The van der Waals surface area contributed by atoms with Gasteiger partial charge in [0.25, 0.3) is 0 Å². The molecule has 98 valence electrons. The number of hydrogen-bond acceptors (Lipinski definition) is 2. The number of nitrogens with zero attached hydrogens (tertiary/aromatic N) is 1. The van der Waals surface area contributed by atoms with Gasteiger partial charge in [0.15, 0.2) is 5.78 Å². The summed E-state index contributed by atoms with van der Waals surface area (Å²) in [5.41, 5.74) is 1.91. The number of piperidine rings is 1. The maximum absolute atomic E-state index is 11.7. The number of carbonyl (C=O) groups is 1. The molecule has 0 aliphatic carbocycles. The van der Waals surface area contributed by atoms with Crippen molar-refractivity contribution >= 4 is 27.4 Å². The van der Waals surface area contributed by atoms with Crippen molar-refractivity contribution in [2.45, 2.75) is 27.2 Å². The Bertz CT molecular complexity index is 458. The van der Waals surface area contributed by atoms with Crippen molar-refractivity contribution in [2.24, 2.45) is 11.8 Å². The molecular weight excluding hydrogens is 290 g/mol. The molecule has 2 atom stereocenters. The summed E-state index contributed by atoms with van der Waals surface area (Å²) < 4.78 is 1.04. The Morgan fingerprint density at radius 1 is 1.33 bits per heavy atom. The van der Waals surface area contributed by atoms with Gasteiger partial charge in [0.05, 0.1) is 0 Å². The van der Waals surface area contributed by atoms with Gasteiger partial charge in [-0.15, -0.1) is 0 Å². The minimum absolute atomic E-state index is 0.142. The lowest BCUT2D eigenvalue weighted by atomic mass is 9.88. The lowest BCUT2D eigenvalue weighted by Gasteiger charge is -2.37. The number of Topliss-reactive ketones (excluding diaryl/α,β-unsaturated/α-hetero) is 1. The molecule has 0 aromatic heterocycles. The van der Waals surface area contributed by atoms with Crippen LogP contribution in [0.5, 0.6) is 0 Å². The van der Waals surface area contributed by atoms with E-state index in [0.717, 1.165) is 34.7 Å². The molecule has 1 fully saturated rings. The number of ketones is 1. The van der Waals surface area contributed by atoms with Crippen molar-refractivity contribution in [3.8, 4) is 0 Å². The first-order valence-electron chi connectivity index (χ1n) is 6.54. The maximum Gasteiger partial charge on any atom is 0.161 e. The van der Waals surface area contributed by atoms with Crippen LogP contribution in [0.15, 0.2) is 22.7 Å². The van der Waals surface area contributed by atoms with Crippen LogP contribution in [-0.2, 0) is 0 Å². The highest BCUT2D eigenvalue weighted by atomic mass is 79.9. The summed E-state index contributed by atoms with van der Waals surface area (Å²) in [6, 6.07) is 5.93. The zero-order chi connectivity index (χ0) is 13.3. The molecule has 0 amide bonds. The second kappa shape index (κ2) is 5.43. The second-order valence-corrected chi connectivity index (χ2v) is 6.32. The number of halogens is 1. The summed E-state index contributed by atoms with van der Waals surface area (Å²) >= 11 is 3.50. The van der Waals surface area contributed by atoms with Crippen LogP contribution in [-0.4, -0.2) is 18.9 Å². The molecule has 1 aliphatic heterocycles. The molecule has 1 heterocycles. The normalized spacial score (nSPS) is 24.1. The Balaban J connectivity index is 2.32. The highest BCUT2D eigenvalue weighted by Crippen LogP contribution is 2.31. The van der Waals surface area contributed by atoms with E-state index in [1.54, 1.807) is 6.92 Å². The van der Waals surface area contributed by atoms with Gasteiger partial charge in [-0.2, -0.15) is 0 Å². The van der Waals surface area contributed by atoms with Crippen molar-refractivity contribution in [1.82, 2.24) is 0 Å². The van der Waals surface area contributed by atoms with Gasteiger partial charge in [0.1, 0.15) is 0 Å². The molecule has 0 bridgehead atoms. The van der Waals surface area contributed by atoms with E-state index in [0.29, 0.717) is 5.92 Å². The van der Waals surface area contributed by atoms with Crippen LogP contribution in [0.3, 0.4) is 0 Å². The van der Waals surface area contributed by atoms with Crippen molar-refractivity contribution < 1.29 is 4.79 Å². The molecule has 1 aromatic rings. The van der Waals surface area contributed by atoms with E-state index in [9.17, 15) is 4.79 Å². The molecule has 1 aliphatic rings. The van der Waals surface area contributed by atoms with Crippen LogP contribution in [0.1, 0.15) is 37.6 Å². The van der Waals surface area contributed by atoms with Crippen molar-refractivity contribution in [3.63, 3.8) is 0 Å². The minimum atomic E-state index is 0.142. The first-order chi connectivity index (χ1) is 8.49. The quantitative estimate of drug-likeness (QED) is 0.765. The highest BCUT2D eigenvalue weighted by molar-refractivity contribution is 9.10. The topological polar surface area (TPSA) is 20.3 Å². The van der Waals surface area contributed by atoms with Crippen molar-refractivity contribution in [2.75, 3.05) is 18.0 Å². The van der Waals surface area contributed by atoms with Crippen LogP contribution >= 0.6 is 15.9 Å². The Morgan fingerprint density at radius 2 is 2.06 bits per heavy atom. The van der Waals surface area contributed by atoms with Gasteiger partial charge in [-0.1, -0.05) is 29.8 Å². The smallest absolute Gasteiger partial charge is 0.161 e. The van der Waals surface area contributed by atoms with Gasteiger partial charge in [0.2, 0.25) is 0 Å². The van der Waals surface area contributed by atoms with E-state index < -0.39 is 0 Å². The van der Waals surface area contributed by atoms with Crippen LogP contribution in [0.2, 0.25) is 0 Å². The van der Waals surface area contributed by atoms with Gasteiger partial charge >= 0.3 is 0 Å². The number of rotatable bonds is 2. The van der Waals surface area contributed by atoms with Crippen molar-refractivity contribution in [3.05, 3.63) is 28.2 Å². The predicted octanol–water partition coefficient (Wildman–Crippen LogP) is 4.13. The summed E-state index contributed by atoms with van der Waals surface area (Å²) in [7, 11) is 0. The Kier molecular flexibility index (Phi) is 4.10. The fraction of sp³-hybridized carbons (Fsp3) is 0.533. The predicted molar refractivity (Wildman–Crippen MR) is 79.3 cm³/mol. The molecule has 0 N–H and O–H groups in total. The van der Waals surface area contributed by atoms with Crippen LogP contribution in [0.4, 0.5) is 5.69 Å². The summed E-state index contributed by atoms with van der Waals surface area (Å²) in [6.45, 7) is 8.33. The summed E-state index contributed by atoms with van der Waals surface area (Å²) in [5, 5.41) is 0. The molecule has 0 saturated carbocycles.